The molecule has 0 bridgehead atoms. The monoisotopic (exact) mass is 512 g/mol. The summed E-state index contributed by atoms with van der Waals surface area (Å²) in [5.41, 5.74) is 4.19. The first-order chi connectivity index (χ1) is 18.3. The number of carbonyl (C=O) groups is 2. The van der Waals surface area contributed by atoms with Crippen LogP contribution in [0.1, 0.15) is 18.9 Å². The van der Waals surface area contributed by atoms with Crippen molar-refractivity contribution < 1.29 is 9.59 Å². The van der Waals surface area contributed by atoms with Gasteiger partial charge < -0.3 is 14.7 Å². The van der Waals surface area contributed by atoms with Crippen molar-refractivity contribution in [3.8, 4) is 28.5 Å². The topological polar surface area (TPSA) is 129 Å². The van der Waals surface area contributed by atoms with E-state index in [9.17, 15) is 14.9 Å². The summed E-state index contributed by atoms with van der Waals surface area (Å²) in [6.45, 7) is 4.81. The second-order valence-electron chi connectivity index (χ2n) is 9.41. The van der Waals surface area contributed by atoms with Crippen LogP contribution in [0.4, 0.5) is 5.82 Å². The predicted molar refractivity (Wildman–Crippen MR) is 140 cm³/mol. The molecule has 0 atom stereocenters. The van der Waals surface area contributed by atoms with Crippen LogP contribution in [0.5, 0.6) is 0 Å². The van der Waals surface area contributed by atoms with Crippen molar-refractivity contribution in [3.05, 3.63) is 48.5 Å². The van der Waals surface area contributed by atoms with E-state index in [-0.39, 0.29) is 11.8 Å². The van der Waals surface area contributed by atoms with Crippen LogP contribution < -0.4 is 4.90 Å². The molecular weight excluding hydrogens is 484 g/mol. The highest BCUT2D eigenvalue weighted by Crippen LogP contribution is 2.32. The van der Waals surface area contributed by atoms with Gasteiger partial charge in [0.2, 0.25) is 11.8 Å². The summed E-state index contributed by atoms with van der Waals surface area (Å²) < 4.78 is 3.32. The van der Waals surface area contributed by atoms with E-state index in [1.54, 1.807) is 53.7 Å². The van der Waals surface area contributed by atoms with Crippen LogP contribution in [0.15, 0.2) is 43.0 Å². The second kappa shape index (κ2) is 10.3. The van der Waals surface area contributed by atoms with Gasteiger partial charge >= 0.3 is 0 Å². The number of pyridine rings is 2. The van der Waals surface area contributed by atoms with Gasteiger partial charge in [-0.25, -0.2) is 9.50 Å². The van der Waals surface area contributed by atoms with Crippen molar-refractivity contribution in [2.24, 2.45) is 0 Å². The van der Waals surface area contributed by atoms with Gasteiger partial charge in [-0.05, 0) is 18.2 Å². The molecule has 0 radical (unpaired) electrons. The molecule has 0 saturated carbocycles. The Kier molecular flexibility index (Phi) is 6.74. The molecule has 12 nitrogen and oxygen atoms in total. The fourth-order valence-electron chi connectivity index (χ4n) is 4.52. The predicted octanol–water partition coefficient (Wildman–Crippen LogP) is 1.67. The zero-order valence-corrected chi connectivity index (χ0v) is 21.6. The number of nitrogens with zero attached hydrogens (tertiary/aromatic N) is 10. The Morgan fingerprint density at radius 2 is 1.87 bits per heavy atom. The highest BCUT2D eigenvalue weighted by molar-refractivity contribution is 5.87. The van der Waals surface area contributed by atoms with Crippen molar-refractivity contribution in [2.45, 2.75) is 19.9 Å². The van der Waals surface area contributed by atoms with E-state index in [0.29, 0.717) is 42.8 Å². The molecule has 194 valence electrons. The lowest BCUT2D eigenvalue weighted by Gasteiger charge is -2.34. The van der Waals surface area contributed by atoms with Crippen LogP contribution in [0.25, 0.3) is 27.9 Å². The molecule has 4 aromatic heterocycles. The summed E-state index contributed by atoms with van der Waals surface area (Å²) >= 11 is 0. The van der Waals surface area contributed by atoms with Crippen molar-refractivity contribution in [3.63, 3.8) is 0 Å². The maximum Gasteiger partial charge on any atom is 0.223 e. The second-order valence-corrected chi connectivity index (χ2v) is 9.41. The van der Waals surface area contributed by atoms with Crippen LogP contribution in [0.2, 0.25) is 0 Å². The van der Waals surface area contributed by atoms with Gasteiger partial charge in [0.1, 0.15) is 17.6 Å². The van der Waals surface area contributed by atoms with E-state index < -0.39 is 0 Å². The average Bonchev–Trinajstić information content (AvgIpc) is 3.58. The number of nitriles is 1. The molecule has 0 N–H and O–H groups in total. The molecule has 1 saturated heterocycles. The molecule has 0 aromatic carbocycles. The Morgan fingerprint density at radius 3 is 2.53 bits per heavy atom. The maximum absolute atomic E-state index is 11.9. The molecule has 1 fully saturated rings. The number of aromatic nitrogens is 6. The summed E-state index contributed by atoms with van der Waals surface area (Å²) in [6, 6.07) is 8.13. The first kappa shape index (κ1) is 24.9. The number of aryl methyl sites for hydroxylation is 1. The lowest BCUT2D eigenvalue weighted by atomic mass is 10.0. The van der Waals surface area contributed by atoms with Crippen LogP contribution in [0.3, 0.4) is 0 Å². The fraction of sp³-hybridized carbons (Fsp3) is 0.346. The zero-order chi connectivity index (χ0) is 26.8. The van der Waals surface area contributed by atoms with E-state index in [0.717, 1.165) is 35.6 Å². The van der Waals surface area contributed by atoms with E-state index in [4.69, 9.17) is 4.98 Å². The van der Waals surface area contributed by atoms with Crippen LogP contribution in [-0.4, -0.2) is 91.5 Å². The van der Waals surface area contributed by atoms with E-state index in [1.807, 2.05) is 29.3 Å². The van der Waals surface area contributed by atoms with E-state index >= 15 is 0 Å². The van der Waals surface area contributed by atoms with Crippen LogP contribution in [-0.2, 0) is 16.1 Å². The molecular formula is C26H28N10O2. The first-order valence-electron chi connectivity index (χ1n) is 12.3. The molecule has 12 heteroatoms. The normalized spacial score (nSPS) is 13.5. The molecule has 0 unspecified atom stereocenters. The van der Waals surface area contributed by atoms with Gasteiger partial charge in [0.05, 0.1) is 30.0 Å². The number of hydrogen-bond acceptors (Lipinski definition) is 8. The van der Waals surface area contributed by atoms with Gasteiger partial charge in [-0.2, -0.15) is 10.4 Å². The summed E-state index contributed by atoms with van der Waals surface area (Å²) in [7, 11) is 3.45. The van der Waals surface area contributed by atoms with Crippen molar-refractivity contribution >= 4 is 23.1 Å². The minimum absolute atomic E-state index is 0.0167. The first-order valence-corrected chi connectivity index (χ1v) is 12.3. The number of fused-ring (bicyclic) bond motifs is 1. The molecule has 4 aromatic rings. The Labute approximate surface area is 219 Å². The molecule has 38 heavy (non-hydrogen) atoms. The molecule has 0 aliphatic carbocycles. The molecule has 5 rings (SSSR count). The third kappa shape index (κ3) is 4.90. The van der Waals surface area contributed by atoms with E-state index in [1.165, 1.54) is 0 Å². The Balaban J connectivity index is 1.44. The standard InChI is InChI=1S/C26H28N10O2/c1-18(37)33-8-10-34(11-9-33)24-5-4-19(14-28-24)22-12-20(16-36-26(22)21(13-27)15-29-36)23-17-35(31-30-23)7-6-25(38)32(2)3/h4-5,12,14-17H,6-11H2,1-3H3. The molecule has 5 heterocycles. The minimum Gasteiger partial charge on any atom is -0.353 e. The third-order valence-electron chi connectivity index (χ3n) is 6.73. The van der Waals surface area contributed by atoms with Gasteiger partial charge in [0.25, 0.3) is 0 Å². The van der Waals surface area contributed by atoms with Crippen molar-refractivity contribution in [2.75, 3.05) is 45.2 Å². The Bertz CT molecular complexity index is 1520. The highest BCUT2D eigenvalue weighted by atomic mass is 16.2. The Hall–Kier alpha value is -4.79. The zero-order valence-electron chi connectivity index (χ0n) is 21.6. The maximum atomic E-state index is 11.9. The largest absolute Gasteiger partial charge is 0.353 e. The molecule has 1 aliphatic heterocycles. The lowest BCUT2D eigenvalue weighted by molar-refractivity contribution is -0.129. The number of piperazine rings is 1. The number of hydrogen-bond donors (Lipinski definition) is 0. The molecule has 1 aliphatic rings. The molecule has 0 spiro atoms. The van der Waals surface area contributed by atoms with Crippen LogP contribution in [0, 0.1) is 11.3 Å². The number of rotatable bonds is 6. The summed E-state index contributed by atoms with van der Waals surface area (Å²) in [6.07, 6.45) is 7.28. The summed E-state index contributed by atoms with van der Waals surface area (Å²) in [5.74, 6) is 0.949. The van der Waals surface area contributed by atoms with E-state index in [2.05, 4.69) is 26.4 Å². The lowest BCUT2D eigenvalue weighted by Crippen LogP contribution is -2.48. The smallest absolute Gasteiger partial charge is 0.223 e. The quantitative estimate of drug-likeness (QED) is 0.382. The third-order valence-corrected chi connectivity index (χ3v) is 6.73. The van der Waals surface area contributed by atoms with Gasteiger partial charge in [0.15, 0.2) is 0 Å². The van der Waals surface area contributed by atoms with Gasteiger partial charge in [-0.3, -0.25) is 14.3 Å². The highest BCUT2D eigenvalue weighted by Gasteiger charge is 2.20. The SMILES string of the molecule is CC(=O)N1CCN(c2ccc(-c3cc(-c4cn(CCC(=O)N(C)C)nn4)cn4ncc(C#N)c34)cn2)CC1. The average molecular weight is 513 g/mol. The van der Waals surface area contributed by atoms with Gasteiger partial charge in [-0.15, -0.1) is 5.10 Å². The van der Waals surface area contributed by atoms with Gasteiger partial charge in [-0.1, -0.05) is 5.21 Å². The van der Waals surface area contributed by atoms with Crippen LogP contribution >= 0.6 is 0 Å². The summed E-state index contributed by atoms with van der Waals surface area (Å²) in [5, 5.41) is 22.6. The number of carbonyl (C=O) groups excluding carboxylic acids is 2. The van der Waals surface area contributed by atoms with Gasteiger partial charge in [0, 0.05) is 82.7 Å². The Morgan fingerprint density at radius 1 is 1.08 bits per heavy atom. The van der Waals surface area contributed by atoms with Crippen molar-refractivity contribution in [1.29, 1.82) is 5.26 Å². The number of anilines is 1. The minimum atomic E-state index is 0.0167. The van der Waals surface area contributed by atoms with Crippen molar-refractivity contribution in [1.82, 2.24) is 39.4 Å². The molecule has 2 amide bonds. The number of amides is 2. The summed E-state index contributed by atoms with van der Waals surface area (Å²) in [4.78, 5) is 33.8. The fourth-order valence-corrected chi connectivity index (χ4v) is 4.52.